The Balaban J connectivity index is 2.19. The van der Waals surface area contributed by atoms with Gasteiger partial charge in [-0.15, -0.1) is 0 Å². The van der Waals surface area contributed by atoms with Crippen molar-refractivity contribution in [2.45, 2.75) is 25.4 Å². The molecule has 0 radical (unpaired) electrons. The molecule has 0 amide bonds. The number of aliphatic hydroxyl groups is 1. The zero-order valence-corrected chi connectivity index (χ0v) is 11.0. The summed E-state index contributed by atoms with van der Waals surface area (Å²) in [6.45, 7) is 3.43. The van der Waals surface area contributed by atoms with Gasteiger partial charge in [-0.05, 0) is 43.4 Å². The summed E-state index contributed by atoms with van der Waals surface area (Å²) in [5.41, 5.74) is 0.243. The summed E-state index contributed by atoms with van der Waals surface area (Å²) in [6.07, 6.45) is 1.87. The zero-order valence-electron chi connectivity index (χ0n) is 9.45. The molecular formula is C13H17BrO2. The Morgan fingerprint density at radius 3 is 2.38 bits per heavy atom. The molecule has 0 spiro atoms. The Hall–Kier alpha value is -0.380. The molecule has 88 valence electrons. The van der Waals surface area contributed by atoms with E-state index in [1.807, 2.05) is 31.2 Å². The fraction of sp³-hybridized carbons (Fsp3) is 0.538. The van der Waals surface area contributed by atoms with Gasteiger partial charge in [-0.2, -0.15) is 0 Å². The summed E-state index contributed by atoms with van der Waals surface area (Å²) in [4.78, 5) is 0. The molecule has 1 aliphatic heterocycles. The van der Waals surface area contributed by atoms with Gasteiger partial charge in [-0.25, -0.2) is 0 Å². The van der Waals surface area contributed by atoms with Crippen LogP contribution in [0.1, 0.15) is 25.3 Å². The molecule has 1 N–H and O–H groups in total. The summed E-state index contributed by atoms with van der Waals surface area (Å²) >= 11 is 3.41. The van der Waals surface area contributed by atoms with Crippen molar-refractivity contribution >= 4 is 15.9 Å². The van der Waals surface area contributed by atoms with Crippen LogP contribution in [0.2, 0.25) is 0 Å². The maximum atomic E-state index is 10.6. The second-order valence-corrected chi connectivity index (χ2v) is 5.46. The molecule has 1 fully saturated rings. The third-order valence-corrected chi connectivity index (χ3v) is 3.97. The van der Waals surface area contributed by atoms with Crippen molar-refractivity contribution in [1.82, 2.24) is 0 Å². The molecule has 0 aliphatic carbocycles. The first kappa shape index (κ1) is 12.1. The highest BCUT2D eigenvalue weighted by molar-refractivity contribution is 9.10. The Bertz CT molecular complexity index is 339. The summed E-state index contributed by atoms with van der Waals surface area (Å²) in [7, 11) is 0. The first-order chi connectivity index (χ1) is 7.60. The van der Waals surface area contributed by atoms with Crippen LogP contribution in [0.3, 0.4) is 0 Å². The molecule has 0 saturated carbocycles. The summed E-state index contributed by atoms with van der Waals surface area (Å²) < 4.78 is 6.37. The first-order valence-corrected chi connectivity index (χ1v) is 6.46. The Labute approximate surface area is 105 Å². The van der Waals surface area contributed by atoms with Crippen molar-refractivity contribution in [3.8, 4) is 0 Å². The van der Waals surface area contributed by atoms with Crippen LogP contribution in [0.5, 0.6) is 0 Å². The number of halogens is 1. The number of hydrogen-bond donors (Lipinski definition) is 1. The summed E-state index contributed by atoms with van der Waals surface area (Å²) in [5.74, 6) is 0.294. The van der Waals surface area contributed by atoms with Gasteiger partial charge >= 0.3 is 0 Å². The average molecular weight is 285 g/mol. The molecule has 0 bridgehead atoms. The summed E-state index contributed by atoms with van der Waals surface area (Å²) in [5, 5.41) is 10.6. The molecule has 1 aromatic rings. The van der Waals surface area contributed by atoms with E-state index >= 15 is 0 Å². The molecule has 1 saturated heterocycles. The van der Waals surface area contributed by atoms with Crippen LogP contribution in [0.15, 0.2) is 28.7 Å². The van der Waals surface area contributed by atoms with Crippen LogP contribution in [-0.2, 0) is 10.3 Å². The Morgan fingerprint density at radius 1 is 1.25 bits per heavy atom. The SMILES string of the molecule is C[C@@](O)(c1ccc(Br)cc1)C1CCOCC1. The van der Waals surface area contributed by atoms with Crippen LogP contribution in [0.25, 0.3) is 0 Å². The number of rotatable bonds is 2. The van der Waals surface area contributed by atoms with E-state index in [1.54, 1.807) is 0 Å². The van der Waals surface area contributed by atoms with Gasteiger partial charge in [-0.3, -0.25) is 0 Å². The third-order valence-electron chi connectivity index (χ3n) is 3.44. The van der Waals surface area contributed by atoms with Crippen molar-refractivity contribution in [3.63, 3.8) is 0 Å². The normalized spacial score (nSPS) is 21.7. The standard InChI is InChI=1S/C13H17BrO2/c1-13(15,11-6-8-16-9-7-11)10-2-4-12(14)5-3-10/h2-5,11,15H,6-9H2,1H3/t13-/m1/s1. The lowest BCUT2D eigenvalue weighted by atomic mass is 9.78. The van der Waals surface area contributed by atoms with Crippen molar-refractivity contribution in [2.24, 2.45) is 5.92 Å². The molecule has 2 nitrogen and oxygen atoms in total. The van der Waals surface area contributed by atoms with E-state index < -0.39 is 5.60 Å². The van der Waals surface area contributed by atoms with E-state index in [4.69, 9.17) is 4.74 Å². The average Bonchev–Trinajstić information content (AvgIpc) is 2.31. The van der Waals surface area contributed by atoms with Crippen LogP contribution in [0.4, 0.5) is 0 Å². The van der Waals surface area contributed by atoms with Crippen LogP contribution in [0, 0.1) is 5.92 Å². The van der Waals surface area contributed by atoms with Crippen LogP contribution in [-0.4, -0.2) is 18.3 Å². The van der Waals surface area contributed by atoms with E-state index in [2.05, 4.69) is 15.9 Å². The topological polar surface area (TPSA) is 29.5 Å². The molecule has 3 heteroatoms. The van der Waals surface area contributed by atoms with E-state index in [-0.39, 0.29) is 0 Å². The van der Waals surface area contributed by atoms with Gasteiger partial charge in [-0.1, -0.05) is 28.1 Å². The molecule has 0 aromatic heterocycles. The molecular weight excluding hydrogens is 268 g/mol. The van der Waals surface area contributed by atoms with Gasteiger partial charge < -0.3 is 9.84 Å². The summed E-state index contributed by atoms with van der Waals surface area (Å²) in [6, 6.07) is 7.92. The predicted octanol–water partition coefficient (Wildman–Crippen LogP) is 3.08. The monoisotopic (exact) mass is 284 g/mol. The minimum atomic E-state index is -0.746. The maximum absolute atomic E-state index is 10.6. The third kappa shape index (κ3) is 2.47. The van der Waals surface area contributed by atoms with Gasteiger partial charge in [0, 0.05) is 17.7 Å². The van der Waals surface area contributed by atoms with Gasteiger partial charge in [0.05, 0.1) is 5.60 Å². The highest BCUT2D eigenvalue weighted by Gasteiger charge is 2.34. The molecule has 16 heavy (non-hydrogen) atoms. The fourth-order valence-corrected chi connectivity index (χ4v) is 2.55. The minimum absolute atomic E-state index is 0.294. The van der Waals surface area contributed by atoms with Crippen molar-refractivity contribution in [3.05, 3.63) is 34.3 Å². The fourth-order valence-electron chi connectivity index (χ4n) is 2.28. The lowest BCUT2D eigenvalue weighted by Crippen LogP contribution is -2.35. The second-order valence-electron chi connectivity index (χ2n) is 4.54. The number of hydrogen-bond acceptors (Lipinski definition) is 2. The lowest BCUT2D eigenvalue weighted by molar-refractivity contribution is -0.0579. The lowest BCUT2D eigenvalue weighted by Gasteiger charge is -2.36. The first-order valence-electron chi connectivity index (χ1n) is 5.67. The molecule has 1 atom stereocenters. The highest BCUT2D eigenvalue weighted by atomic mass is 79.9. The Kier molecular flexibility index (Phi) is 3.67. The van der Waals surface area contributed by atoms with Gasteiger partial charge in [0.25, 0.3) is 0 Å². The highest BCUT2D eigenvalue weighted by Crippen LogP contribution is 2.35. The molecule has 1 aromatic carbocycles. The predicted molar refractivity (Wildman–Crippen MR) is 67.3 cm³/mol. The molecule has 1 heterocycles. The van der Waals surface area contributed by atoms with Crippen molar-refractivity contribution in [2.75, 3.05) is 13.2 Å². The number of ether oxygens (including phenoxy) is 1. The van der Waals surface area contributed by atoms with Crippen molar-refractivity contribution in [1.29, 1.82) is 0 Å². The molecule has 1 aliphatic rings. The van der Waals surface area contributed by atoms with Crippen LogP contribution >= 0.6 is 15.9 Å². The van der Waals surface area contributed by atoms with E-state index in [1.165, 1.54) is 0 Å². The van der Waals surface area contributed by atoms with Crippen molar-refractivity contribution < 1.29 is 9.84 Å². The van der Waals surface area contributed by atoms with Gasteiger partial charge in [0.1, 0.15) is 0 Å². The molecule has 0 unspecified atom stereocenters. The van der Waals surface area contributed by atoms with E-state index in [0.717, 1.165) is 36.1 Å². The zero-order chi connectivity index (χ0) is 11.6. The quantitative estimate of drug-likeness (QED) is 0.904. The maximum Gasteiger partial charge on any atom is 0.0898 e. The largest absolute Gasteiger partial charge is 0.385 e. The smallest absolute Gasteiger partial charge is 0.0898 e. The van der Waals surface area contributed by atoms with Crippen LogP contribution < -0.4 is 0 Å². The van der Waals surface area contributed by atoms with E-state index in [9.17, 15) is 5.11 Å². The van der Waals surface area contributed by atoms with Gasteiger partial charge in [0.2, 0.25) is 0 Å². The van der Waals surface area contributed by atoms with Gasteiger partial charge in [0.15, 0.2) is 0 Å². The second kappa shape index (κ2) is 4.86. The minimum Gasteiger partial charge on any atom is -0.385 e. The number of benzene rings is 1. The Morgan fingerprint density at radius 2 is 1.81 bits per heavy atom. The van der Waals surface area contributed by atoms with E-state index in [0.29, 0.717) is 5.92 Å². The molecule has 2 rings (SSSR count).